The Labute approximate surface area is 117 Å². The minimum absolute atomic E-state index is 0.0590. The molecule has 0 amide bonds. The third kappa shape index (κ3) is 2.17. The SMILES string of the molecule is CS(=O)(=O)N1CC[C@H](c2nc3c(C#N)cccc3[nH]2)C1. The number of fused-ring (bicyclic) bond motifs is 1. The minimum atomic E-state index is -3.15. The fraction of sp³-hybridized carbons (Fsp3) is 0.385. The van der Waals surface area contributed by atoms with E-state index in [1.54, 1.807) is 12.1 Å². The number of H-pyrrole nitrogens is 1. The van der Waals surface area contributed by atoms with Gasteiger partial charge in [0.25, 0.3) is 0 Å². The second-order valence-electron chi connectivity index (χ2n) is 5.04. The average Bonchev–Trinajstić information content (AvgIpc) is 3.03. The van der Waals surface area contributed by atoms with Crippen LogP contribution in [0, 0.1) is 11.3 Å². The molecule has 1 fully saturated rings. The molecule has 0 aliphatic carbocycles. The lowest BCUT2D eigenvalue weighted by atomic mass is 10.1. The predicted molar refractivity (Wildman–Crippen MR) is 74.6 cm³/mol. The minimum Gasteiger partial charge on any atom is -0.342 e. The maximum absolute atomic E-state index is 11.5. The molecule has 1 aliphatic heterocycles. The van der Waals surface area contributed by atoms with Gasteiger partial charge in [-0.1, -0.05) is 6.07 Å². The predicted octanol–water partition coefficient (Wildman–Crippen LogP) is 1.18. The second kappa shape index (κ2) is 4.58. The van der Waals surface area contributed by atoms with Crippen LogP contribution in [0.2, 0.25) is 0 Å². The summed E-state index contributed by atoms with van der Waals surface area (Å²) in [5, 5.41) is 9.07. The topological polar surface area (TPSA) is 89.8 Å². The summed E-state index contributed by atoms with van der Waals surface area (Å²) in [5.41, 5.74) is 2.00. The van der Waals surface area contributed by atoms with E-state index in [1.165, 1.54) is 10.6 Å². The van der Waals surface area contributed by atoms with Crippen LogP contribution in [0.3, 0.4) is 0 Å². The van der Waals surface area contributed by atoms with E-state index in [4.69, 9.17) is 5.26 Å². The number of nitrogens with one attached hydrogen (secondary N) is 1. The van der Waals surface area contributed by atoms with Gasteiger partial charge < -0.3 is 4.98 Å². The first-order chi connectivity index (χ1) is 9.49. The monoisotopic (exact) mass is 290 g/mol. The van der Waals surface area contributed by atoms with Crippen LogP contribution < -0.4 is 0 Å². The molecule has 1 saturated heterocycles. The van der Waals surface area contributed by atoms with Crippen molar-refractivity contribution >= 4 is 21.1 Å². The lowest BCUT2D eigenvalue weighted by molar-refractivity contribution is 0.477. The Bertz CT molecular complexity index is 803. The molecule has 1 aliphatic rings. The van der Waals surface area contributed by atoms with Gasteiger partial charge in [0, 0.05) is 19.0 Å². The summed E-state index contributed by atoms with van der Waals surface area (Å²) in [7, 11) is -3.15. The van der Waals surface area contributed by atoms with Crippen molar-refractivity contribution in [3.05, 3.63) is 29.6 Å². The molecule has 0 unspecified atom stereocenters. The van der Waals surface area contributed by atoms with Gasteiger partial charge in [0.05, 0.1) is 17.3 Å². The zero-order chi connectivity index (χ0) is 14.3. The number of aromatic amines is 1. The highest BCUT2D eigenvalue weighted by Gasteiger charge is 2.31. The number of hydrogen-bond acceptors (Lipinski definition) is 4. The quantitative estimate of drug-likeness (QED) is 0.899. The molecular weight excluding hydrogens is 276 g/mol. The molecule has 1 N–H and O–H groups in total. The van der Waals surface area contributed by atoms with Crippen LogP contribution in [0.1, 0.15) is 23.7 Å². The van der Waals surface area contributed by atoms with Crippen molar-refractivity contribution in [3.63, 3.8) is 0 Å². The molecule has 0 spiro atoms. The highest BCUT2D eigenvalue weighted by molar-refractivity contribution is 7.88. The zero-order valence-corrected chi connectivity index (χ0v) is 11.8. The number of para-hydroxylation sites is 1. The number of nitriles is 1. The fourth-order valence-corrected chi connectivity index (χ4v) is 3.48. The normalized spacial score (nSPS) is 20.3. The first kappa shape index (κ1) is 13.1. The molecule has 6 nitrogen and oxygen atoms in total. The number of benzene rings is 1. The molecule has 2 heterocycles. The van der Waals surface area contributed by atoms with Gasteiger partial charge in [0.1, 0.15) is 17.4 Å². The standard InChI is InChI=1S/C13H14N4O2S/c1-20(18,19)17-6-5-10(8-17)13-15-11-4-2-3-9(7-14)12(11)16-13/h2-4,10H,5-6,8H2,1H3,(H,15,16)/t10-/m0/s1. The molecule has 7 heteroatoms. The third-order valence-corrected chi connectivity index (χ3v) is 4.93. The number of hydrogen-bond donors (Lipinski definition) is 1. The van der Waals surface area contributed by atoms with E-state index < -0.39 is 10.0 Å². The van der Waals surface area contributed by atoms with Gasteiger partial charge in [0.15, 0.2) is 0 Å². The maximum atomic E-state index is 11.5. The maximum Gasteiger partial charge on any atom is 0.211 e. The molecule has 2 aromatic rings. The highest BCUT2D eigenvalue weighted by Crippen LogP contribution is 2.28. The summed E-state index contributed by atoms with van der Waals surface area (Å²) in [6.45, 7) is 0.964. The van der Waals surface area contributed by atoms with E-state index >= 15 is 0 Å². The number of rotatable bonds is 2. The average molecular weight is 290 g/mol. The summed E-state index contributed by atoms with van der Waals surface area (Å²) in [6, 6.07) is 7.52. The van der Waals surface area contributed by atoms with Gasteiger partial charge in [0.2, 0.25) is 10.0 Å². The van der Waals surface area contributed by atoms with E-state index in [0.29, 0.717) is 24.2 Å². The van der Waals surface area contributed by atoms with Crippen molar-refractivity contribution in [3.8, 4) is 6.07 Å². The fourth-order valence-electron chi connectivity index (χ4n) is 2.59. The van der Waals surface area contributed by atoms with Crippen molar-refractivity contribution in [2.75, 3.05) is 19.3 Å². The summed E-state index contributed by atoms with van der Waals surface area (Å²) < 4.78 is 24.5. The summed E-state index contributed by atoms with van der Waals surface area (Å²) >= 11 is 0. The Hall–Kier alpha value is -1.91. The second-order valence-corrected chi connectivity index (χ2v) is 7.02. The Morgan fingerprint density at radius 2 is 2.30 bits per heavy atom. The van der Waals surface area contributed by atoms with E-state index in [2.05, 4.69) is 16.0 Å². The first-order valence-electron chi connectivity index (χ1n) is 6.33. The van der Waals surface area contributed by atoms with Crippen LogP contribution in [0.4, 0.5) is 0 Å². The first-order valence-corrected chi connectivity index (χ1v) is 8.17. The van der Waals surface area contributed by atoms with Gasteiger partial charge in [-0.25, -0.2) is 17.7 Å². The van der Waals surface area contributed by atoms with Gasteiger partial charge in [-0.15, -0.1) is 0 Å². The Balaban J connectivity index is 1.95. The van der Waals surface area contributed by atoms with Crippen molar-refractivity contribution in [2.24, 2.45) is 0 Å². The smallest absolute Gasteiger partial charge is 0.211 e. The van der Waals surface area contributed by atoms with Gasteiger partial charge in [-0.05, 0) is 18.6 Å². The molecule has 20 heavy (non-hydrogen) atoms. The van der Waals surface area contributed by atoms with Crippen molar-refractivity contribution in [1.29, 1.82) is 5.26 Å². The van der Waals surface area contributed by atoms with Crippen LogP contribution in [0.5, 0.6) is 0 Å². The summed E-state index contributed by atoms with van der Waals surface area (Å²) in [5.74, 6) is 0.817. The number of imidazole rings is 1. The van der Waals surface area contributed by atoms with Crippen LogP contribution in [-0.2, 0) is 10.0 Å². The number of sulfonamides is 1. The van der Waals surface area contributed by atoms with E-state index in [-0.39, 0.29) is 5.92 Å². The Kier molecular flexibility index (Phi) is 3.00. The van der Waals surface area contributed by atoms with E-state index in [9.17, 15) is 8.42 Å². The largest absolute Gasteiger partial charge is 0.342 e. The highest BCUT2D eigenvalue weighted by atomic mass is 32.2. The molecule has 1 atom stereocenters. The Morgan fingerprint density at radius 1 is 1.50 bits per heavy atom. The molecule has 0 bridgehead atoms. The van der Waals surface area contributed by atoms with Crippen LogP contribution >= 0.6 is 0 Å². The molecular formula is C13H14N4O2S. The number of nitrogens with zero attached hydrogens (tertiary/aromatic N) is 3. The summed E-state index contributed by atoms with van der Waals surface area (Å²) in [4.78, 5) is 7.68. The Morgan fingerprint density at radius 3 is 2.95 bits per heavy atom. The van der Waals surface area contributed by atoms with Crippen LogP contribution in [0.15, 0.2) is 18.2 Å². The number of aromatic nitrogens is 2. The van der Waals surface area contributed by atoms with Gasteiger partial charge >= 0.3 is 0 Å². The third-order valence-electron chi connectivity index (χ3n) is 3.66. The molecule has 0 radical (unpaired) electrons. The molecule has 3 rings (SSSR count). The van der Waals surface area contributed by atoms with Crippen LogP contribution in [-0.4, -0.2) is 42.0 Å². The van der Waals surface area contributed by atoms with Gasteiger partial charge in [-0.3, -0.25) is 0 Å². The van der Waals surface area contributed by atoms with Crippen LogP contribution in [0.25, 0.3) is 11.0 Å². The molecule has 1 aromatic heterocycles. The lowest BCUT2D eigenvalue weighted by Crippen LogP contribution is -2.27. The molecule has 104 valence electrons. The lowest BCUT2D eigenvalue weighted by Gasteiger charge is -2.11. The van der Waals surface area contributed by atoms with E-state index in [1.807, 2.05) is 6.07 Å². The van der Waals surface area contributed by atoms with Crippen molar-refractivity contribution in [1.82, 2.24) is 14.3 Å². The molecule has 0 saturated carbocycles. The van der Waals surface area contributed by atoms with Crippen molar-refractivity contribution in [2.45, 2.75) is 12.3 Å². The van der Waals surface area contributed by atoms with Gasteiger partial charge in [-0.2, -0.15) is 5.26 Å². The zero-order valence-electron chi connectivity index (χ0n) is 11.0. The van der Waals surface area contributed by atoms with Crippen molar-refractivity contribution < 1.29 is 8.42 Å². The molecule has 1 aromatic carbocycles. The summed E-state index contributed by atoms with van der Waals surface area (Å²) in [6.07, 6.45) is 1.97. The van der Waals surface area contributed by atoms with E-state index in [0.717, 1.165) is 17.8 Å².